The van der Waals surface area contributed by atoms with Crippen LogP contribution >= 0.6 is 0 Å². The van der Waals surface area contributed by atoms with Crippen molar-refractivity contribution in [1.82, 2.24) is 20.8 Å². The highest BCUT2D eigenvalue weighted by molar-refractivity contribution is 5.83. The Balaban J connectivity index is 2.11. The van der Waals surface area contributed by atoms with E-state index in [2.05, 4.69) is 20.8 Å². The fourth-order valence-electron chi connectivity index (χ4n) is 3.11. The minimum absolute atomic E-state index is 0.0169. The van der Waals surface area contributed by atoms with E-state index in [1.165, 1.54) is 6.92 Å². The van der Waals surface area contributed by atoms with Crippen LogP contribution in [0.4, 0.5) is 4.79 Å². The van der Waals surface area contributed by atoms with E-state index in [1.807, 2.05) is 0 Å². The Hall–Kier alpha value is -2.77. The maximum atomic E-state index is 12.2. The van der Waals surface area contributed by atoms with Crippen molar-refractivity contribution in [3.8, 4) is 0 Å². The SMILES string of the molecule is C[C@@H](O)[C@H](NC(=O)NC(CCC(=O)O)c1nnc(C2(N)CC(CO)C2)o1)C(=O)O. The van der Waals surface area contributed by atoms with Crippen molar-refractivity contribution in [1.29, 1.82) is 0 Å². The Morgan fingerprint density at radius 1 is 1.28 bits per heavy atom. The first-order valence-electron chi connectivity index (χ1n) is 8.99. The molecule has 0 saturated heterocycles. The summed E-state index contributed by atoms with van der Waals surface area (Å²) in [5, 5.41) is 48.7. The zero-order valence-corrected chi connectivity index (χ0v) is 15.7. The zero-order valence-electron chi connectivity index (χ0n) is 15.7. The molecule has 8 N–H and O–H groups in total. The highest BCUT2D eigenvalue weighted by Gasteiger charge is 2.46. The summed E-state index contributed by atoms with van der Waals surface area (Å²) in [5.74, 6) is -2.52. The molecule has 0 aliphatic heterocycles. The average Bonchev–Trinajstić information content (AvgIpc) is 3.10. The number of urea groups is 1. The molecule has 1 aromatic heterocycles. The Bertz CT molecular complexity index is 745. The third-order valence-corrected chi connectivity index (χ3v) is 4.72. The van der Waals surface area contributed by atoms with Crippen LogP contribution in [0, 0.1) is 5.92 Å². The second kappa shape index (κ2) is 9.15. The van der Waals surface area contributed by atoms with Gasteiger partial charge in [0.05, 0.1) is 11.6 Å². The van der Waals surface area contributed by atoms with Crippen LogP contribution in [0.25, 0.3) is 0 Å². The summed E-state index contributed by atoms with van der Waals surface area (Å²) < 4.78 is 5.55. The molecule has 0 bridgehead atoms. The van der Waals surface area contributed by atoms with Gasteiger partial charge in [-0.05, 0) is 32.1 Å². The molecule has 13 heteroatoms. The first kappa shape index (κ1) is 22.5. The molecule has 1 heterocycles. The number of rotatable bonds is 10. The minimum Gasteiger partial charge on any atom is -0.481 e. The standard InChI is InChI=1S/C16H25N5O8/c1-7(23)11(13(26)27)19-15(28)18-9(2-3-10(24)25)12-20-21-14(29-12)16(17)4-8(5-16)6-22/h7-9,11,22-23H,2-6,17H2,1H3,(H,24,25)(H,26,27)(H2,18,19,28)/t7-,8?,9?,11+,16?/m1/s1. The third kappa shape index (κ3) is 5.62. The van der Waals surface area contributed by atoms with Crippen molar-refractivity contribution in [2.75, 3.05) is 6.61 Å². The van der Waals surface area contributed by atoms with Gasteiger partial charge in [-0.15, -0.1) is 10.2 Å². The van der Waals surface area contributed by atoms with E-state index in [-0.39, 0.29) is 37.1 Å². The van der Waals surface area contributed by atoms with E-state index in [0.29, 0.717) is 12.8 Å². The quantitative estimate of drug-likeness (QED) is 0.237. The fourth-order valence-corrected chi connectivity index (χ4v) is 3.11. The number of nitrogens with zero attached hydrogens (tertiary/aromatic N) is 2. The molecule has 1 aromatic rings. The van der Waals surface area contributed by atoms with Gasteiger partial charge >= 0.3 is 18.0 Å². The second-order valence-corrected chi connectivity index (χ2v) is 7.22. The summed E-state index contributed by atoms with van der Waals surface area (Å²) in [7, 11) is 0. The third-order valence-electron chi connectivity index (χ3n) is 4.72. The van der Waals surface area contributed by atoms with E-state index >= 15 is 0 Å². The van der Waals surface area contributed by atoms with Gasteiger partial charge in [0.1, 0.15) is 6.04 Å². The summed E-state index contributed by atoms with van der Waals surface area (Å²) in [6.45, 7) is 1.18. The van der Waals surface area contributed by atoms with Gasteiger partial charge in [-0.2, -0.15) is 0 Å². The number of amides is 2. The second-order valence-electron chi connectivity index (χ2n) is 7.22. The van der Waals surface area contributed by atoms with Crippen LogP contribution < -0.4 is 16.4 Å². The van der Waals surface area contributed by atoms with Crippen LogP contribution in [0.2, 0.25) is 0 Å². The molecule has 2 rings (SSSR count). The van der Waals surface area contributed by atoms with E-state index in [1.54, 1.807) is 0 Å². The summed E-state index contributed by atoms with van der Waals surface area (Å²) in [5.41, 5.74) is 5.26. The van der Waals surface area contributed by atoms with Crippen LogP contribution in [0.5, 0.6) is 0 Å². The number of nitrogens with one attached hydrogen (secondary N) is 2. The molecule has 162 valence electrons. The van der Waals surface area contributed by atoms with Gasteiger partial charge in [0.15, 0.2) is 6.04 Å². The predicted molar refractivity (Wildman–Crippen MR) is 94.4 cm³/mol. The molecule has 13 nitrogen and oxygen atoms in total. The monoisotopic (exact) mass is 415 g/mol. The number of carbonyl (C=O) groups excluding carboxylic acids is 1. The highest BCUT2D eigenvalue weighted by atomic mass is 16.4. The first-order valence-corrected chi connectivity index (χ1v) is 8.99. The Kier molecular flexibility index (Phi) is 7.11. The maximum Gasteiger partial charge on any atom is 0.328 e. The minimum atomic E-state index is -1.56. The number of carboxylic acids is 2. The van der Waals surface area contributed by atoms with Crippen molar-refractivity contribution in [3.05, 3.63) is 11.8 Å². The molecule has 0 spiro atoms. The van der Waals surface area contributed by atoms with Gasteiger partial charge in [-0.3, -0.25) is 4.79 Å². The zero-order chi connectivity index (χ0) is 21.8. The molecule has 3 atom stereocenters. The molecule has 0 radical (unpaired) electrons. The Morgan fingerprint density at radius 3 is 2.45 bits per heavy atom. The molecule has 1 fully saturated rings. The summed E-state index contributed by atoms with van der Waals surface area (Å²) in [4.78, 5) is 34.2. The van der Waals surface area contributed by atoms with Crippen LogP contribution in [-0.4, -0.2) is 67.3 Å². The van der Waals surface area contributed by atoms with Gasteiger partial charge < -0.3 is 41.2 Å². The Labute approximate surface area is 165 Å². The molecular formula is C16H25N5O8. The number of hydrogen-bond donors (Lipinski definition) is 7. The van der Waals surface area contributed by atoms with Gasteiger partial charge in [-0.25, -0.2) is 9.59 Å². The molecular weight excluding hydrogens is 390 g/mol. The van der Waals surface area contributed by atoms with Crippen molar-refractivity contribution in [2.45, 2.75) is 56.3 Å². The summed E-state index contributed by atoms with van der Waals surface area (Å²) in [6, 6.07) is -3.54. The number of aliphatic hydroxyl groups is 2. The maximum absolute atomic E-state index is 12.2. The first-order chi connectivity index (χ1) is 13.6. The van der Waals surface area contributed by atoms with E-state index in [4.69, 9.17) is 25.5 Å². The average molecular weight is 415 g/mol. The predicted octanol–water partition coefficient (Wildman–Crippen LogP) is -1.33. The van der Waals surface area contributed by atoms with Gasteiger partial charge in [0, 0.05) is 13.0 Å². The molecule has 1 aliphatic carbocycles. The van der Waals surface area contributed by atoms with Gasteiger partial charge in [0.25, 0.3) is 0 Å². The molecule has 1 aliphatic rings. The van der Waals surface area contributed by atoms with Crippen molar-refractivity contribution in [2.24, 2.45) is 11.7 Å². The normalized spacial score (nSPS) is 24.1. The lowest BCUT2D eigenvalue weighted by atomic mass is 9.69. The van der Waals surface area contributed by atoms with Crippen LogP contribution in [0.15, 0.2) is 4.42 Å². The number of nitrogens with two attached hydrogens (primary N) is 1. The molecule has 1 unspecified atom stereocenters. The van der Waals surface area contributed by atoms with Crippen molar-refractivity contribution >= 4 is 18.0 Å². The molecule has 2 amide bonds. The molecule has 29 heavy (non-hydrogen) atoms. The van der Waals surface area contributed by atoms with E-state index in [0.717, 1.165) is 0 Å². The smallest absolute Gasteiger partial charge is 0.328 e. The molecule has 0 aromatic carbocycles. The largest absolute Gasteiger partial charge is 0.481 e. The number of carbonyl (C=O) groups is 3. The number of aromatic nitrogens is 2. The summed E-state index contributed by atoms with van der Waals surface area (Å²) >= 11 is 0. The number of aliphatic carboxylic acids is 2. The van der Waals surface area contributed by atoms with Crippen molar-refractivity contribution < 1.29 is 39.2 Å². The lowest BCUT2D eigenvalue weighted by Gasteiger charge is -2.41. The fraction of sp³-hybridized carbons (Fsp3) is 0.688. The lowest BCUT2D eigenvalue weighted by molar-refractivity contribution is -0.141. The van der Waals surface area contributed by atoms with Crippen LogP contribution in [-0.2, 0) is 15.1 Å². The number of aliphatic hydroxyl groups excluding tert-OH is 2. The Morgan fingerprint density at radius 2 is 1.93 bits per heavy atom. The van der Waals surface area contributed by atoms with E-state index < -0.39 is 41.7 Å². The lowest BCUT2D eigenvalue weighted by Crippen LogP contribution is -2.51. The molecule has 1 saturated carbocycles. The van der Waals surface area contributed by atoms with Crippen LogP contribution in [0.3, 0.4) is 0 Å². The van der Waals surface area contributed by atoms with Gasteiger partial charge in [0.2, 0.25) is 11.8 Å². The van der Waals surface area contributed by atoms with Crippen LogP contribution in [0.1, 0.15) is 50.4 Å². The van der Waals surface area contributed by atoms with E-state index in [9.17, 15) is 19.5 Å². The highest BCUT2D eigenvalue weighted by Crippen LogP contribution is 2.42. The van der Waals surface area contributed by atoms with Gasteiger partial charge in [-0.1, -0.05) is 0 Å². The number of hydrogen-bond acceptors (Lipinski definition) is 9. The van der Waals surface area contributed by atoms with Crippen molar-refractivity contribution in [3.63, 3.8) is 0 Å². The topological polar surface area (TPSA) is 221 Å². The summed E-state index contributed by atoms with van der Waals surface area (Å²) in [6.07, 6.45) is -0.919. The number of carboxylic acid groups (broad SMARTS) is 2.